The number of hydrogen-bond donors (Lipinski definition) is 2. The fourth-order valence-electron chi connectivity index (χ4n) is 4.03. The van der Waals surface area contributed by atoms with Crippen molar-refractivity contribution in [1.82, 2.24) is 9.97 Å². The molecule has 0 fully saturated rings. The van der Waals surface area contributed by atoms with Crippen molar-refractivity contribution in [2.24, 2.45) is 0 Å². The molecule has 5 nitrogen and oxygen atoms in total. The number of rotatable bonds is 8. The zero-order chi connectivity index (χ0) is 25.1. The van der Waals surface area contributed by atoms with E-state index in [0.717, 1.165) is 22.4 Å². The van der Waals surface area contributed by atoms with Crippen LogP contribution in [-0.4, -0.2) is 21.1 Å². The number of anilines is 1. The highest BCUT2D eigenvalue weighted by Crippen LogP contribution is 2.33. The van der Waals surface area contributed by atoms with Crippen molar-refractivity contribution in [3.63, 3.8) is 0 Å². The largest absolute Gasteiger partial charge is 0.325 e. The van der Waals surface area contributed by atoms with Crippen molar-refractivity contribution >= 4 is 44.9 Å². The van der Waals surface area contributed by atoms with E-state index in [4.69, 9.17) is 4.98 Å². The van der Waals surface area contributed by atoms with Gasteiger partial charge in [-0.2, -0.15) is 0 Å². The first-order valence-electron chi connectivity index (χ1n) is 12.0. The number of nitrogens with one attached hydrogen (secondary N) is 2. The van der Waals surface area contributed by atoms with Crippen LogP contribution in [0.5, 0.6) is 0 Å². The lowest BCUT2D eigenvalue weighted by Crippen LogP contribution is -2.26. The molecular formula is C28H31N3O2S2. The standard InChI is InChI=1S/C28H31N3O2S2/c1-6-23(25(32)29-22-10-8-7-9-20(22)17(4)5)35-28-30-26(33)24-21(15-34-27(24)31-28)19-13-11-18(12-14-19)16(2)3/h7-17,23H,6H2,1-5H3,(H,29,32)(H,30,31,33). The van der Waals surface area contributed by atoms with Gasteiger partial charge in [-0.25, -0.2) is 4.98 Å². The van der Waals surface area contributed by atoms with Gasteiger partial charge in [0.25, 0.3) is 5.56 Å². The van der Waals surface area contributed by atoms with Crippen LogP contribution in [0.4, 0.5) is 5.69 Å². The van der Waals surface area contributed by atoms with Crippen LogP contribution in [0.2, 0.25) is 0 Å². The zero-order valence-corrected chi connectivity index (χ0v) is 22.3. The summed E-state index contributed by atoms with van der Waals surface area (Å²) in [6.45, 7) is 10.5. The minimum absolute atomic E-state index is 0.0922. The number of para-hydroxylation sites is 1. The third-order valence-electron chi connectivity index (χ3n) is 6.07. The van der Waals surface area contributed by atoms with E-state index in [2.05, 4.69) is 62.3 Å². The SMILES string of the molecule is CCC(Sc1nc2scc(-c3ccc(C(C)C)cc3)c2c(=O)[nH]1)C(=O)Nc1ccccc1C(C)C. The number of benzene rings is 2. The topological polar surface area (TPSA) is 74.8 Å². The van der Waals surface area contributed by atoms with Gasteiger partial charge in [0.2, 0.25) is 5.91 Å². The van der Waals surface area contributed by atoms with Crippen LogP contribution < -0.4 is 10.9 Å². The van der Waals surface area contributed by atoms with Gasteiger partial charge in [-0.15, -0.1) is 11.3 Å². The Labute approximate surface area is 214 Å². The van der Waals surface area contributed by atoms with Gasteiger partial charge in [0, 0.05) is 16.6 Å². The van der Waals surface area contributed by atoms with E-state index < -0.39 is 0 Å². The molecule has 35 heavy (non-hydrogen) atoms. The van der Waals surface area contributed by atoms with Gasteiger partial charge in [-0.3, -0.25) is 9.59 Å². The number of carbonyl (C=O) groups excluding carboxylic acids is 1. The molecule has 4 rings (SSSR count). The van der Waals surface area contributed by atoms with Gasteiger partial charge in [-0.1, -0.05) is 88.8 Å². The van der Waals surface area contributed by atoms with Crippen LogP contribution >= 0.6 is 23.1 Å². The lowest BCUT2D eigenvalue weighted by atomic mass is 9.99. The maximum Gasteiger partial charge on any atom is 0.260 e. The minimum atomic E-state index is -0.376. The van der Waals surface area contributed by atoms with Crippen molar-refractivity contribution in [3.05, 3.63) is 75.4 Å². The lowest BCUT2D eigenvalue weighted by molar-refractivity contribution is -0.115. The minimum Gasteiger partial charge on any atom is -0.325 e. The van der Waals surface area contributed by atoms with E-state index in [1.807, 2.05) is 36.6 Å². The molecule has 1 amide bonds. The molecule has 1 atom stereocenters. The average Bonchev–Trinajstić information content (AvgIpc) is 3.27. The van der Waals surface area contributed by atoms with Crippen molar-refractivity contribution in [1.29, 1.82) is 0 Å². The Kier molecular flexibility index (Phi) is 7.77. The van der Waals surface area contributed by atoms with Gasteiger partial charge in [0.1, 0.15) is 4.83 Å². The van der Waals surface area contributed by atoms with Crippen molar-refractivity contribution < 1.29 is 4.79 Å². The first-order chi connectivity index (χ1) is 16.8. The highest BCUT2D eigenvalue weighted by Gasteiger charge is 2.22. The molecule has 2 heterocycles. The van der Waals surface area contributed by atoms with Crippen LogP contribution in [0, 0.1) is 0 Å². The quantitative estimate of drug-likeness (QED) is 0.193. The number of aromatic amines is 1. The van der Waals surface area contributed by atoms with E-state index in [1.54, 1.807) is 0 Å². The average molecular weight is 506 g/mol. The normalized spacial score (nSPS) is 12.4. The Morgan fingerprint density at radius 1 is 1.06 bits per heavy atom. The summed E-state index contributed by atoms with van der Waals surface area (Å²) < 4.78 is 0. The fourth-order valence-corrected chi connectivity index (χ4v) is 5.93. The number of hydrogen-bond acceptors (Lipinski definition) is 5. The van der Waals surface area contributed by atoms with Gasteiger partial charge in [0.15, 0.2) is 5.16 Å². The molecule has 2 aromatic carbocycles. The van der Waals surface area contributed by atoms with Crippen LogP contribution in [-0.2, 0) is 4.79 Å². The Morgan fingerprint density at radius 3 is 2.43 bits per heavy atom. The Hall–Kier alpha value is -2.90. The molecule has 0 spiro atoms. The molecule has 1 unspecified atom stereocenters. The summed E-state index contributed by atoms with van der Waals surface area (Å²) in [6, 6.07) is 16.2. The van der Waals surface area contributed by atoms with Gasteiger partial charge < -0.3 is 10.3 Å². The molecular weight excluding hydrogens is 474 g/mol. The molecule has 0 saturated heterocycles. The third-order valence-corrected chi connectivity index (χ3v) is 8.19. The summed E-state index contributed by atoms with van der Waals surface area (Å²) in [5, 5.41) is 5.74. The third kappa shape index (κ3) is 5.52. The predicted octanol–water partition coefficient (Wildman–Crippen LogP) is 7.41. The Balaban J connectivity index is 1.57. The molecule has 7 heteroatoms. The smallest absolute Gasteiger partial charge is 0.260 e. The predicted molar refractivity (Wildman–Crippen MR) is 149 cm³/mol. The monoisotopic (exact) mass is 505 g/mol. The Morgan fingerprint density at radius 2 is 1.77 bits per heavy atom. The second-order valence-electron chi connectivity index (χ2n) is 9.22. The highest BCUT2D eigenvalue weighted by atomic mass is 32.2. The summed E-state index contributed by atoms with van der Waals surface area (Å²) in [4.78, 5) is 34.5. The van der Waals surface area contributed by atoms with E-state index in [9.17, 15) is 9.59 Å². The lowest BCUT2D eigenvalue weighted by Gasteiger charge is -2.17. The maximum absolute atomic E-state index is 13.1. The second kappa shape index (κ2) is 10.8. The van der Waals surface area contributed by atoms with Gasteiger partial charge >= 0.3 is 0 Å². The molecule has 0 aliphatic heterocycles. The van der Waals surface area contributed by atoms with Crippen molar-refractivity contribution in [3.8, 4) is 11.1 Å². The summed E-state index contributed by atoms with van der Waals surface area (Å²) in [5.74, 6) is 0.662. The van der Waals surface area contributed by atoms with Gasteiger partial charge in [-0.05, 0) is 41.0 Å². The van der Waals surface area contributed by atoms with E-state index in [0.29, 0.717) is 33.6 Å². The summed E-state index contributed by atoms with van der Waals surface area (Å²) in [7, 11) is 0. The second-order valence-corrected chi connectivity index (χ2v) is 11.3. The van der Waals surface area contributed by atoms with E-state index >= 15 is 0 Å². The molecule has 0 bridgehead atoms. The number of amides is 1. The molecule has 0 radical (unpaired) electrons. The molecule has 0 aliphatic rings. The molecule has 0 aliphatic carbocycles. The van der Waals surface area contributed by atoms with Crippen LogP contribution in [0.15, 0.2) is 63.9 Å². The molecule has 4 aromatic rings. The Bertz CT molecular complexity index is 1390. The van der Waals surface area contributed by atoms with Crippen molar-refractivity contribution in [2.75, 3.05) is 5.32 Å². The highest BCUT2D eigenvalue weighted by molar-refractivity contribution is 8.00. The summed E-state index contributed by atoms with van der Waals surface area (Å²) in [5.41, 5.74) is 4.90. The number of H-pyrrole nitrogens is 1. The van der Waals surface area contributed by atoms with Crippen LogP contribution in [0.1, 0.15) is 64.0 Å². The van der Waals surface area contributed by atoms with Crippen LogP contribution in [0.3, 0.4) is 0 Å². The van der Waals surface area contributed by atoms with Crippen molar-refractivity contribution in [2.45, 2.75) is 63.3 Å². The number of nitrogens with zero attached hydrogens (tertiary/aromatic N) is 1. The fraction of sp³-hybridized carbons (Fsp3) is 0.321. The molecule has 2 aromatic heterocycles. The number of carbonyl (C=O) groups is 1. The molecule has 2 N–H and O–H groups in total. The number of thiophene rings is 1. The first-order valence-corrected chi connectivity index (χ1v) is 13.7. The molecule has 0 saturated carbocycles. The zero-order valence-electron chi connectivity index (χ0n) is 20.7. The number of fused-ring (bicyclic) bond motifs is 1. The van der Waals surface area contributed by atoms with Crippen LogP contribution in [0.25, 0.3) is 21.3 Å². The number of aromatic nitrogens is 2. The van der Waals surface area contributed by atoms with Gasteiger partial charge in [0.05, 0.1) is 10.6 Å². The molecule has 182 valence electrons. The first kappa shape index (κ1) is 25.2. The van der Waals surface area contributed by atoms with E-state index in [1.165, 1.54) is 28.7 Å². The summed E-state index contributed by atoms with van der Waals surface area (Å²) >= 11 is 2.75. The maximum atomic E-state index is 13.1. The van der Waals surface area contributed by atoms with E-state index in [-0.39, 0.29) is 16.7 Å². The summed E-state index contributed by atoms with van der Waals surface area (Å²) in [6.07, 6.45) is 0.611. The number of thioether (sulfide) groups is 1.